The number of amides is 1. The van der Waals surface area contributed by atoms with E-state index in [1.54, 1.807) is 16.6 Å². The number of rotatable bonds is 4. The summed E-state index contributed by atoms with van der Waals surface area (Å²) in [6, 6.07) is 1.30. The van der Waals surface area contributed by atoms with Gasteiger partial charge in [-0.3, -0.25) is 4.79 Å². The third kappa shape index (κ3) is 3.28. The number of sulfonamides is 1. The lowest BCUT2D eigenvalue weighted by molar-refractivity contribution is 0.0713. The van der Waals surface area contributed by atoms with Crippen LogP contribution < -0.4 is 5.14 Å². The molecule has 0 aromatic carbocycles. The average molecular weight is 315 g/mol. The maximum Gasteiger partial charge on any atom is 0.270 e. The van der Waals surface area contributed by atoms with Gasteiger partial charge >= 0.3 is 0 Å². The highest BCUT2D eigenvalue weighted by Gasteiger charge is 2.30. The number of likely N-dealkylation sites (tertiary alicyclic amines) is 1. The van der Waals surface area contributed by atoms with Gasteiger partial charge in [0.2, 0.25) is 10.0 Å². The monoisotopic (exact) mass is 315 g/mol. The number of methoxy groups -OCH3 is 1. The second kappa shape index (κ2) is 5.78. The van der Waals surface area contributed by atoms with E-state index in [2.05, 4.69) is 0 Å². The second-order valence-electron chi connectivity index (χ2n) is 5.50. The largest absolute Gasteiger partial charge is 0.380 e. The highest BCUT2D eigenvalue weighted by molar-refractivity contribution is 7.89. The van der Waals surface area contributed by atoms with Crippen LogP contribution in [0.1, 0.15) is 36.8 Å². The molecule has 2 rings (SSSR count). The molecule has 8 heteroatoms. The van der Waals surface area contributed by atoms with Crippen molar-refractivity contribution in [3.05, 3.63) is 18.0 Å². The van der Waals surface area contributed by atoms with Crippen LogP contribution in [0.5, 0.6) is 0 Å². The first kappa shape index (κ1) is 16.0. The van der Waals surface area contributed by atoms with Gasteiger partial charge in [0, 0.05) is 32.4 Å². The van der Waals surface area contributed by atoms with E-state index in [0.29, 0.717) is 18.8 Å². The molecule has 0 saturated carbocycles. The molecule has 7 nitrogen and oxygen atoms in total. The SMILES string of the molecule is COC1CCN(C(=O)c2cc(S(N)(=O)=O)cn2C(C)C)C1. The molecule has 21 heavy (non-hydrogen) atoms. The van der Waals surface area contributed by atoms with E-state index in [0.717, 1.165) is 6.42 Å². The zero-order chi connectivity index (χ0) is 15.8. The van der Waals surface area contributed by atoms with Gasteiger partial charge in [0.05, 0.1) is 6.10 Å². The van der Waals surface area contributed by atoms with E-state index in [4.69, 9.17) is 9.88 Å². The third-order valence-corrected chi connectivity index (χ3v) is 4.57. The smallest absolute Gasteiger partial charge is 0.270 e. The molecule has 1 aromatic heterocycles. The topological polar surface area (TPSA) is 94.6 Å². The van der Waals surface area contributed by atoms with Crippen LogP contribution in [-0.4, -0.2) is 50.1 Å². The first-order valence-corrected chi connectivity index (χ1v) is 8.35. The molecule has 2 heterocycles. The molecule has 1 atom stereocenters. The molecular formula is C13H21N3O4S. The standard InChI is InChI=1S/C13H21N3O4S/c1-9(2)16-8-11(21(14,18)19)6-12(16)13(17)15-5-4-10(7-15)20-3/h6,8-10H,4-5,7H2,1-3H3,(H2,14,18,19). The number of primary sulfonamides is 1. The van der Waals surface area contributed by atoms with Crippen molar-refractivity contribution in [3.8, 4) is 0 Å². The molecule has 1 aliphatic heterocycles. The fraction of sp³-hybridized carbons (Fsp3) is 0.615. The summed E-state index contributed by atoms with van der Waals surface area (Å²) in [4.78, 5) is 14.2. The number of hydrogen-bond acceptors (Lipinski definition) is 4. The molecule has 1 aliphatic rings. The molecule has 1 amide bonds. The zero-order valence-electron chi connectivity index (χ0n) is 12.4. The van der Waals surface area contributed by atoms with Crippen LogP contribution in [0.3, 0.4) is 0 Å². The minimum absolute atomic E-state index is 0.0362. The number of aromatic nitrogens is 1. The van der Waals surface area contributed by atoms with E-state index >= 15 is 0 Å². The number of carbonyl (C=O) groups is 1. The predicted octanol–water partition coefficient (Wildman–Crippen LogP) is 0.577. The molecule has 1 fully saturated rings. The molecule has 2 N–H and O–H groups in total. The summed E-state index contributed by atoms with van der Waals surface area (Å²) in [5.41, 5.74) is 0.339. The van der Waals surface area contributed by atoms with Gasteiger partial charge in [-0.15, -0.1) is 0 Å². The van der Waals surface area contributed by atoms with Crippen LogP contribution in [0.25, 0.3) is 0 Å². The lowest BCUT2D eigenvalue weighted by atomic mass is 10.3. The Bertz CT molecular complexity index is 636. The molecule has 1 saturated heterocycles. The normalized spacial score (nSPS) is 19.5. The molecule has 0 aliphatic carbocycles. The number of carbonyl (C=O) groups excluding carboxylic acids is 1. The summed E-state index contributed by atoms with van der Waals surface area (Å²) in [6.45, 7) is 4.88. The van der Waals surface area contributed by atoms with E-state index in [1.807, 2.05) is 13.8 Å². The lowest BCUT2D eigenvalue weighted by Crippen LogP contribution is -2.31. The van der Waals surface area contributed by atoms with Crippen molar-refractivity contribution in [2.24, 2.45) is 5.14 Å². The van der Waals surface area contributed by atoms with Gasteiger partial charge in [0.15, 0.2) is 0 Å². The van der Waals surface area contributed by atoms with E-state index in [-0.39, 0.29) is 22.9 Å². The third-order valence-electron chi connectivity index (χ3n) is 3.69. The molecule has 0 radical (unpaired) electrons. The van der Waals surface area contributed by atoms with Crippen molar-refractivity contribution in [2.75, 3.05) is 20.2 Å². The van der Waals surface area contributed by atoms with Crippen LogP contribution in [0.2, 0.25) is 0 Å². The molecule has 1 aromatic rings. The molecule has 0 spiro atoms. The Morgan fingerprint density at radius 3 is 2.62 bits per heavy atom. The first-order chi connectivity index (χ1) is 9.74. The Kier molecular flexibility index (Phi) is 4.40. The number of nitrogens with zero attached hydrogens (tertiary/aromatic N) is 2. The maximum absolute atomic E-state index is 12.6. The van der Waals surface area contributed by atoms with Crippen LogP contribution in [0.4, 0.5) is 0 Å². The fourth-order valence-electron chi connectivity index (χ4n) is 2.48. The van der Waals surface area contributed by atoms with Crippen molar-refractivity contribution in [3.63, 3.8) is 0 Å². The Hall–Kier alpha value is -1.38. The van der Waals surface area contributed by atoms with Crippen LogP contribution in [0, 0.1) is 0 Å². The van der Waals surface area contributed by atoms with Gasteiger partial charge in [-0.2, -0.15) is 0 Å². The number of hydrogen-bond donors (Lipinski definition) is 1. The zero-order valence-corrected chi connectivity index (χ0v) is 13.3. The Labute approximate surface area is 124 Å². The summed E-state index contributed by atoms with van der Waals surface area (Å²) in [6.07, 6.45) is 2.23. The second-order valence-corrected chi connectivity index (χ2v) is 7.07. The lowest BCUT2D eigenvalue weighted by Gasteiger charge is -2.19. The van der Waals surface area contributed by atoms with Crippen molar-refractivity contribution in [2.45, 2.75) is 37.3 Å². The fourth-order valence-corrected chi connectivity index (χ4v) is 3.01. The van der Waals surface area contributed by atoms with Crippen molar-refractivity contribution in [1.82, 2.24) is 9.47 Å². The van der Waals surface area contributed by atoms with Gasteiger partial charge in [-0.1, -0.05) is 0 Å². The molecular weight excluding hydrogens is 294 g/mol. The van der Waals surface area contributed by atoms with Crippen LogP contribution >= 0.6 is 0 Å². The van der Waals surface area contributed by atoms with Gasteiger partial charge in [0.25, 0.3) is 5.91 Å². The minimum Gasteiger partial charge on any atom is -0.380 e. The number of nitrogens with two attached hydrogens (primary N) is 1. The summed E-state index contributed by atoms with van der Waals surface area (Å²) in [5, 5.41) is 5.15. The number of ether oxygens (including phenoxy) is 1. The first-order valence-electron chi connectivity index (χ1n) is 6.80. The van der Waals surface area contributed by atoms with Crippen molar-refractivity contribution < 1.29 is 17.9 Å². The summed E-state index contributed by atoms with van der Waals surface area (Å²) in [5.74, 6) is -0.196. The summed E-state index contributed by atoms with van der Waals surface area (Å²) in [7, 11) is -2.21. The van der Waals surface area contributed by atoms with E-state index < -0.39 is 10.0 Å². The Morgan fingerprint density at radius 2 is 2.14 bits per heavy atom. The predicted molar refractivity (Wildman–Crippen MR) is 77.5 cm³/mol. The average Bonchev–Trinajstić information content (AvgIpc) is 3.04. The highest BCUT2D eigenvalue weighted by Crippen LogP contribution is 2.22. The molecule has 0 bridgehead atoms. The van der Waals surface area contributed by atoms with Gasteiger partial charge < -0.3 is 14.2 Å². The highest BCUT2D eigenvalue weighted by atomic mass is 32.2. The van der Waals surface area contributed by atoms with Gasteiger partial charge in [-0.05, 0) is 26.3 Å². The quantitative estimate of drug-likeness (QED) is 0.879. The molecule has 118 valence electrons. The van der Waals surface area contributed by atoms with Crippen LogP contribution in [0.15, 0.2) is 17.2 Å². The summed E-state index contributed by atoms with van der Waals surface area (Å²) >= 11 is 0. The maximum atomic E-state index is 12.6. The Morgan fingerprint density at radius 1 is 1.48 bits per heavy atom. The van der Waals surface area contributed by atoms with Gasteiger partial charge in [-0.25, -0.2) is 13.6 Å². The van der Waals surface area contributed by atoms with E-state index in [9.17, 15) is 13.2 Å². The van der Waals surface area contributed by atoms with Crippen LogP contribution in [-0.2, 0) is 14.8 Å². The van der Waals surface area contributed by atoms with Crippen molar-refractivity contribution >= 4 is 15.9 Å². The van der Waals surface area contributed by atoms with Gasteiger partial charge in [0.1, 0.15) is 10.6 Å². The summed E-state index contributed by atoms with van der Waals surface area (Å²) < 4.78 is 29.9. The van der Waals surface area contributed by atoms with Crippen molar-refractivity contribution in [1.29, 1.82) is 0 Å². The Balaban J connectivity index is 2.34. The molecule has 1 unspecified atom stereocenters. The minimum atomic E-state index is -3.83. The van der Waals surface area contributed by atoms with E-state index in [1.165, 1.54) is 12.3 Å².